The maximum Gasteiger partial charge on any atom is 0.295 e. The van der Waals surface area contributed by atoms with Gasteiger partial charge in [-0.1, -0.05) is 18.2 Å². The predicted octanol–water partition coefficient (Wildman–Crippen LogP) is 3.61. The first-order valence-corrected chi connectivity index (χ1v) is 8.54. The fourth-order valence-electron chi connectivity index (χ4n) is 2.88. The zero-order valence-corrected chi connectivity index (χ0v) is 15.9. The Kier molecular flexibility index (Phi) is 5.51. The molecule has 154 valence electrons. The molecule has 3 rings (SSSR count). The molecule has 1 heterocycles. The molecule has 0 radical (unpaired) electrons. The van der Waals surface area contributed by atoms with Gasteiger partial charge in [0.15, 0.2) is 5.69 Å². The Morgan fingerprint density at radius 2 is 1.70 bits per heavy atom. The lowest BCUT2D eigenvalue weighted by atomic mass is 10.1. The lowest BCUT2D eigenvalue weighted by Gasteiger charge is -2.12. The van der Waals surface area contributed by atoms with Crippen LogP contribution in [-0.4, -0.2) is 44.4 Å². The third-order valence-electron chi connectivity index (χ3n) is 4.15. The molecular weight excluding hydrogens is 396 g/mol. The van der Waals surface area contributed by atoms with Crippen molar-refractivity contribution in [3.63, 3.8) is 0 Å². The Labute approximate surface area is 169 Å². The van der Waals surface area contributed by atoms with Gasteiger partial charge in [0.25, 0.3) is 17.3 Å². The van der Waals surface area contributed by atoms with Crippen LogP contribution in [0, 0.1) is 20.2 Å². The van der Waals surface area contributed by atoms with Gasteiger partial charge in [0.2, 0.25) is 5.88 Å². The minimum absolute atomic E-state index is 0.0423. The van der Waals surface area contributed by atoms with Gasteiger partial charge in [0.1, 0.15) is 0 Å². The summed E-state index contributed by atoms with van der Waals surface area (Å²) in [6, 6.07) is 9.47. The van der Waals surface area contributed by atoms with Crippen LogP contribution in [0.3, 0.4) is 0 Å². The minimum atomic E-state index is -1.02. The van der Waals surface area contributed by atoms with Gasteiger partial charge in [-0.15, -0.1) is 10.2 Å². The Morgan fingerprint density at radius 3 is 2.27 bits per heavy atom. The van der Waals surface area contributed by atoms with E-state index in [1.807, 2.05) is 19.0 Å². The number of fused-ring (bicyclic) bond motifs is 1. The molecule has 0 spiro atoms. The summed E-state index contributed by atoms with van der Waals surface area (Å²) in [5, 5.41) is 40.4. The molecule has 12 heteroatoms. The summed E-state index contributed by atoms with van der Waals surface area (Å²) in [5.41, 5.74) is -0.894. The van der Waals surface area contributed by atoms with Crippen LogP contribution >= 0.6 is 0 Å². The number of aromatic hydroxyl groups is 1. The molecule has 1 aromatic heterocycles. The topological polar surface area (TPSA) is 156 Å². The first-order valence-electron chi connectivity index (χ1n) is 8.54. The summed E-state index contributed by atoms with van der Waals surface area (Å²) < 4.78 is 1.58. The molecule has 0 aliphatic rings. The van der Waals surface area contributed by atoms with Crippen molar-refractivity contribution >= 4 is 33.9 Å². The summed E-state index contributed by atoms with van der Waals surface area (Å²) in [6.07, 6.45) is 0. The molecule has 0 bridgehead atoms. The number of para-hydroxylation sites is 1. The number of azo groups is 1. The van der Waals surface area contributed by atoms with Gasteiger partial charge < -0.3 is 5.11 Å². The zero-order chi connectivity index (χ0) is 22.0. The van der Waals surface area contributed by atoms with Crippen LogP contribution in [0.2, 0.25) is 0 Å². The van der Waals surface area contributed by atoms with Gasteiger partial charge in [0.05, 0.1) is 33.7 Å². The first-order chi connectivity index (χ1) is 14.2. The number of carbonyl (C=O) groups excluding carboxylic acids is 1. The molecule has 0 aliphatic heterocycles. The van der Waals surface area contributed by atoms with Crippen LogP contribution < -0.4 is 0 Å². The van der Waals surface area contributed by atoms with Crippen molar-refractivity contribution in [2.75, 3.05) is 14.1 Å². The molecule has 2 aromatic carbocycles. The number of nitro benzene ring substituents is 2. The number of aromatic nitrogens is 1. The van der Waals surface area contributed by atoms with Crippen molar-refractivity contribution in [1.29, 1.82) is 0 Å². The van der Waals surface area contributed by atoms with E-state index in [2.05, 4.69) is 10.2 Å². The molecule has 30 heavy (non-hydrogen) atoms. The number of nitrogens with zero attached hydrogens (tertiary/aromatic N) is 6. The van der Waals surface area contributed by atoms with Crippen molar-refractivity contribution in [3.8, 4) is 5.88 Å². The fourth-order valence-corrected chi connectivity index (χ4v) is 2.88. The highest BCUT2D eigenvalue weighted by Gasteiger charge is 2.21. The molecule has 0 aliphatic carbocycles. The van der Waals surface area contributed by atoms with Gasteiger partial charge >= 0.3 is 0 Å². The fraction of sp³-hybridized carbons (Fsp3) is 0.167. The number of rotatable bonds is 6. The highest BCUT2D eigenvalue weighted by atomic mass is 16.6. The van der Waals surface area contributed by atoms with Crippen LogP contribution in [0.4, 0.5) is 17.1 Å². The van der Waals surface area contributed by atoms with Crippen molar-refractivity contribution in [1.82, 2.24) is 9.47 Å². The monoisotopic (exact) mass is 412 g/mol. The minimum Gasteiger partial charge on any atom is -0.493 e. The molecule has 0 fully saturated rings. The van der Waals surface area contributed by atoms with Gasteiger partial charge in [-0.05, 0) is 20.2 Å². The van der Waals surface area contributed by atoms with E-state index in [1.54, 1.807) is 28.8 Å². The maximum absolute atomic E-state index is 12.4. The number of nitro groups is 2. The lowest BCUT2D eigenvalue weighted by molar-refractivity contribution is -0.394. The summed E-state index contributed by atoms with van der Waals surface area (Å²) in [7, 11) is 3.63. The van der Waals surface area contributed by atoms with E-state index in [0.717, 1.165) is 18.2 Å². The number of hydrogen-bond acceptors (Lipinski definition) is 8. The standard InChI is InChI=1S/C18H16N6O6/c1-21(2)10-22-15-6-4-3-5-14(15)16(18(22)26)19-20-17(25)11-7-12(23(27)28)9-13(8-11)24(29)30/h3-9,26H,10H2,1-2H3. The van der Waals surface area contributed by atoms with Crippen molar-refractivity contribution in [2.24, 2.45) is 10.2 Å². The average molecular weight is 412 g/mol. The largest absolute Gasteiger partial charge is 0.493 e. The van der Waals surface area contributed by atoms with Crippen LogP contribution in [-0.2, 0) is 6.67 Å². The van der Waals surface area contributed by atoms with Gasteiger partial charge in [0, 0.05) is 17.5 Å². The maximum atomic E-state index is 12.4. The Bertz CT molecular complexity index is 1170. The van der Waals surface area contributed by atoms with Crippen molar-refractivity contribution in [3.05, 3.63) is 68.3 Å². The lowest BCUT2D eigenvalue weighted by Crippen LogP contribution is -2.16. The number of benzene rings is 2. The molecule has 12 nitrogen and oxygen atoms in total. The zero-order valence-electron chi connectivity index (χ0n) is 15.9. The second-order valence-electron chi connectivity index (χ2n) is 6.60. The smallest absolute Gasteiger partial charge is 0.295 e. The van der Waals surface area contributed by atoms with Crippen LogP contribution in [0.25, 0.3) is 10.9 Å². The van der Waals surface area contributed by atoms with Crippen LogP contribution in [0.5, 0.6) is 5.88 Å². The Balaban J connectivity index is 2.03. The summed E-state index contributed by atoms with van der Waals surface area (Å²) in [6.45, 7) is 0.340. The van der Waals surface area contributed by atoms with E-state index in [9.17, 15) is 30.1 Å². The Hall–Kier alpha value is -4.19. The number of hydrogen-bond donors (Lipinski definition) is 1. The highest BCUT2D eigenvalue weighted by Crippen LogP contribution is 2.39. The van der Waals surface area contributed by atoms with E-state index >= 15 is 0 Å². The molecule has 1 amide bonds. The molecule has 3 aromatic rings. The highest BCUT2D eigenvalue weighted by molar-refractivity contribution is 5.98. The van der Waals surface area contributed by atoms with Crippen molar-refractivity contribution in [2.45, 2.75) is 6.67 Å². The predicted molar refractivity (Wildman–Crippen MR) is 106 cm³/mol. The summed E-state index contributed by atoms with van der Waals surface area (Å²) >= 11 is 0. The van der Waals surface area contributed by atoms with E-state index < -0.39 is 27.1 Å². The molecule has 1 N–H and O–H groups in total. The summed E-state index contributed by atoms with van der Waals surface area (Å²) in [4.78, 5) is 34.5. The average Bonchev–Trinajstić information content (AvgIpc) is 2.96. The number of amides is 1. The number of carbonyl (C=O) groups is 1. The van der Waals surface area contributed by atoms with E-state index in [0.29, 0.717) is 17.6 Å². The van der Waals surface area contributed by atoms with Gasteiger partial charge in [-0.3, -0.25) is 34.5 Å². The molecule has 0 saturated heterocycles. The van der Waals surface area contributed by atoms with E-state index in [4.69, 9.17) is 0 Å². The van der Waals surface area contributed by atoms with Crippen molar-refractivity contribution < 1.29 is 19.7 Å². The normalized spacial score (nSPS) is 11.4. The third kappa shape index (κ3) is 3.98. The summed E-state index contributed by atoms with van der Waals surface area (Å²) in [5.74, 6) is -1.24. The first kappa shape index (κ1) is 20.5. The van der Waals surface area contributed by atoms with Crippen LogP contribution in [0.15, 0.2) is 52.7 Å². The Morgan fingerprint density at radius 1 is 1.10 bits per heavy atom. The third-order valence-corrected chi connectivity index (χ3v) is 4.15. The molecule has 0 unspecified atom stereocenters. The molecular formula is C18H16N6O6. The van der Waals surface area contributed by atoms with E-state index in [-0.39, 0.29) is 17.1 Å². The second kappa shape index (κ2) is 8.05. The quantitative estimate of drug-likeness (QED) is 0.368. The molecule has 0 atom stereocenters. The van der Waals surface area contributed by atoms with Gasteiger partial charge in [-0.25, -0.2) is 0 Å². The van der Waals surface area contributed by atoms with Gasteiger partial charge in [-0.2, -0.15) is 0 Å². The molecule has 0 saturated carbocycles. The van der Waals surface area contributed by atoms with Crippen LogP contribution in [0.1, 0.15) is 10.4 Å². The second-order valence-corrected chi connectivity index (χ2v) is 6.60. The van der Waals surface area contributed by atoms with E-state index in [1.165, 1.54) is 0 Å². The SMILES string of the molecule is CN(C)Cn1c(O)c(N=NC(=O)c2cc([N+](=O)[O-])cc([N+](=O)[O-])c2)c2ccccc21. The number of non-ortho nitro benzene ring substituents is 2.